The maximum absolute atomic E-state index is 11.8. The van der Waals surface area contributed by atoms with Crippen molar-refractivity contribution in [1.29, 1.82) is 0 Å². The zero-order chi connectivity index (χ0) is 13.7. The number of carbonyl (C=O) groups is 1. The molecule has 5 heteroatoms. The van der Waals surface area contributed by atoms with Crippen LogP contribution in [0.25, 0.3) is 0 Å². The number of nitrogens with one attached hydrogen (secondary N) is 1. The van der Waals surface area contributed by atoms with E-state index in [-0.39, 0.29) is 17.6 Å². The van der Waals surface area contributed by atoms with Crippen LogP contribution < -0.4 is 15.8 Å². The number of phenolic OH excluding ortho intramolecular Hbond substituents is 1. The number of hydrogen-bond donors (Lipinski definition) is 3. The minimum Gasteiger partial charge on any atom is -0.506 e. The van der Waals surface area contributed by atoms with Crippen LogP contribution in [0.2, 0.25) is 0 Å². The number of ether oxygens (including phenoxy) is 1. The van der Waals surface area contributed by atoms with Gasteiger partial charge in [0.25, 0.3) is 0 Å². The Morgan fingerprint density at radius 3 is 2.72 bits per heavy atom. The minimum atomic E-state index is -0.587. The summed E-state index contributed by atoms with van der Waals surface area (Å²) in [6.45, 7) is 3.89. The second-order valence-electron chi connectivity index (χ2n) is 4.28. The molecule has 1 aromatic carbocycles. The molecule has 0 unspecified atom stereocenters. The fourth-order valence-electron chi connectivity index (χ4n) is 1.47. The third-order valence-corrected chi connectivity index (χ3v) is 3.02. The number of methoxy groups -OCH3 is 1. The van der Waals surface area contributed by atoms with Gasteiger partial charge < -0.3 is 20.9 Å². The van der Waals surface area contributed by atoms with Gasteiger partial charge in [0, 0.05) is 6.07 Å². The lowest BCUT2D eigenvalue weighted by Gasteiger charge is -2.18. The molecule has 0 aliphatic rings. The van der Waals surface area contributed by atoms with Crippen LogP contribution in [0.3, 0.4) is 0 Å². The molecule has 0 saturated carbocycles. The number of nitrogens with two attached hydrogens (primary N) is 1. The summed E-state index contributed by atoms with van der Waals surface area (Å²) in [6, 6.07) is 4.08. The molecule has 0 aliphatic heterocycles. The number of carbonyl (C=O) groups excluding carboxylic acids is 1. The van der Waals surface area contributed by atoms with Gasteiger partial charge in [0.05, 0.1) is 18.8 Å². The van der Waals surface area contributed by atoms with Crippen molar-refractivity contribution in [3.05, 3.63) is 18.2 Å². The van der Waals surface area contributed by atoms with Gasteiger partial charge in [-0.3, -0.25) is 4.79 Å². The van der Waals surface area contributed by atoms with E-state index in [1.165, 1.54) is 13.2 Å². The summed E-state index contributed by atoms with van der Waals surface area (Å²) in [4.78, 5) is 11.8. The number of anilines is 1. The monoisotopic (exact) mass is 252 g/mol. The molecule has 18 heavy (non-hydrogen) atoms. The molecule has 1 amide bonds. The summed E-state index contributed by atoms with van der Waals surface area (Å²) in [5.74, 6) is 0.269. The van der Waals surface area contributed by atoms with Crippen molar-refractivity contribution in [2.45, 2.75) is 26.3 Å². The summed E-state index contributed by atoms with van der Waals surface area (Å²) >= 11 is 0. The van der Waals surface area contributed by atoms with Gasteiger partial charge in [-0.1, -0.05) is 20.3 Å². The van der Waals surface area contributed by atoms with Crippen molar-refractivity contribution < 1.29 is 14.6 Å². The van der Waals surface area contributed by atoms with E-state index in [1.54, 1.807) is 12.1 Å². The average Bonchev–Trinajstić information content (AvgIpc) is 2.38. The Kier molecular flexibility index (Phi) is 4.97. The Balaban J connectivity index is 2.76. The first kappa shape index (κ1) is 14.3. The maximum atomic E-state index is 11.8. The van der Waals surface area contributed by atoms with Crippen molar-refractivity contribution in [2.75, 3.05) is 12.4 Å². The highest BCUT2D eigenvalue weighted by Crippen LogP contribution is 2.28. The summed E-state index contributed by atoms with van der Waals surface area (Å²) in [5, 5.41) is 12.3. The molecule has 0 bridgehead atoms. The van der Waals surface area contributed by atoms with Crippen LogP contribution in [0.1, 0.15) is 20.3 Å². The zero-order valence-electron chi connectivity index (χ0n) is 10.9. The topological polar surface area (TPSA) is 84.6 Å². The van der Waals surface area contributed by atoms with E-state index >= 15 is 0 Å². The highest BCUT2D eigenvalue weighted by Gasteiger charge is 2.20. The molecular weight excluding hydrogens is 232 g/mol. The van der Waals surface area contributed by atoms with Gasteiger partial charge in [-0.05, 0) is 18.1 Å². The number of amides is 1. The molecule has 0 aliphatic carbocycles. The van der Waals surface area contributed by atoms with E-state index in [1.807, 2.05) is 13.8 Å². The molecular formula is C13H20N2O3. The van der Waals surface area contributed by atoms with E-state index in [4.69, 9.17) is 10.5 Å². The average molecular weight is 252 g/mol. The zero-order valence-corrected chi connectivity index (χ0v) is 10.9. The van der Waals surface area contributed by atoms with Crippen LogP contribution in [0, 0.1) is 5.92 Å². The Labute approximate surface area is 107 Å². The van der Waals surface area contributed by atoms with Gasteiger partial charge in [0.1, 0.15) is 11.5 Å². The lowest BCUT2D eigenvalue weighted by molar-refractivity contribution is -0.118. The van der Waals surface area contributed by atoms with Crippen molar-refractivity contribution in [3.63, 3.8) is 0 Å². The van der Waals surface area contributed by atoms with Crippen LogP contribution >= 0.6 is 0 Å². The highest BCUT2D eigenvalue weighted by molar-refractivity contribution is 5.96. The summed E-state index contributed by atoms with van der Waals surface area (Å²) in [7, 11) is 1.51. The van der Waals surface area contributed by atoms with Gasteiger partial charge in [-0.2, -0.15) is 0 Å². The molecule has 1 aromatic rings. The van der Waals surface area contributed by atoms with Crippen molar-refractivity contribution in [2.24, 2.45) is 11.7 Å². The largest absolute Gasteiger partial charge is 0.506 e. The van der Waals surface area contributed by atoms with Crippen LogP contribution in [-0.4, -0.2) is 24.2 Å². The molecule has 0 saturated heterocycles. The quantitative estimate of drug-likeness (QED) is 0.696. The summed E-state index contributed by atoms with van der Waals surface area (Å²) < 4.78 is 4.96. The summed E-state index contributed by atoms with van der Waals surface area (Å²) in [5.41, 5.74) is 6.14. The predicted octanol–water partition coefficient (Wildman–Crippen LogP) is 1.71. The fraction of sp³-hybridized carbons (Fsp3) is 0.462. The second kappa shape index (κ2) is 6.26. The number of hydrogen-bond acceptors (Lipinski definition) is 4. The fourth-order valence-corrected chi connectivity index (χ4v) is 1.47. The molecule has 0 heterocycles. The van der Waals surface area contributed by atoms with E-state index in [9.17, 15) is 9.90 Å². The molecule has 0 spiro atoms. The predicted molar refractivity (Wildman–Crippen MR) is 70.7 cm³/mol. The van der Waals surface area contributed by atoms with Crippen LogP contribution in [0.15, 0.2) is 18.2 Å². The van der Waals surface area contributed by atoms with Crippen molar-refractivity contribution in [3.8, 4) is 11.5 Å². The Morgan fingerprint density at radius 1 is 1.56 bits per heavy atom. The molecule has 0 radical (unpaired) electrons. The molecule has 5 nitrogen and oxygen atoms in total. The highest BCUT2D eigenvalue weighted by atomic mass is 16.5. The van der Waals surface area contributed by atoms with E-state index in [2.05, 4.69) is 5.32 Å². The number of aromatic hydroxyl groups is 1. The van der Waals surface area contributed by atoms with Gasteiger partial charge in [-0.15, -0.1) is 0 Å². The van der Waals surface area contributed by atoms with E-state index in [0.717, 1.165) is 6.42 Å². The Hall–Kier alpha value is -1.75. The summed E-state index contributed by atoms with van der Waals surface area (Å²) in [6.07, 6.45) is 0.823. The van der Waals surface area contributed by atoms with Crippen LogP contribution in [0.5, 0.6) is 11.5 Å². The van der Waals surface area contributed by atoms with Gasteiger partial charge in [-0.25, -0.2) is 0 Å². The third kappa shape index (κ3) is 3.37. The minimum absolute atomic E-state index is 0.0425. The lowest BCUT2D eigenvalue weighted by Crippen LogP contribution is -2.40. The lowest BCUT2D eigenvalue weighted by atomic mass is 9.99. The first-order valence-electron chi connectivity index (χ1n) is 5.93. The second-order valence-corrected chi connectivity index (χ2v) is 4.28. The van der Waals surface area contributed by atoms with Crippen LogP contribution in [-0.2, 0) is 4.79 Å². The third-order valence-electron chi connectivity index (χ3n) is 3.02. The first-order chi connectivity index (χ1) is 8.49. The smallest absolute Gasteiger partial charge is 0.241 e. The number of benzene rings is 1. The molecule has 0 fully saturated rings. The molecule has 0 aromatic heterocycles. The Bertz CT molecular complexity index is 421. The number of phenols is 1. The van der Waals surface area contributed by atoms with Crippen molar-refractivity contribution in [1.82, 2.24) is 0 Å². The number of rotatable bonds is 5. The van der Waals surface area contributed by atoms with Gasteiger partial charge in [0.15, 0.2) is 0 Å². The molecule has 1 rings (SSSR count). The SMILES string of the molecule is CC[C@H](C)[C@H](N)C(=O)Nc1ccc(OC)cc1O. The first-order valence-corrected chi connectivity index (χ1v) is 5.93. The normalized spacial score (nSPS) is 13.8. The Morgan fingerprint density at radius 2 is 2.22 bits per heavy atom. The molecule has 2 atom stereocenters. The van der Waals surface area contributed by atoms with E-state index in [0.29, 0.717) is 11.4 Å². The van der Waals surface area contributed by atoms with E-state index < -0.39 is 6.04 Å². The van der Waals surface area contributed by atoms with Crippen molar-refractivity contribution >= 4 is 11.6 Å². The maximum Gasteiger partial charge on any atom is 0.241 e. The molecule has 4 N–H and O–H groups in total. The van der Waals surface area contributed by atoms with Gasteiger partial charge in [0.2, 0.25) is 5.91 Å². The van der Waals surface area contributed by atoms with Gasteiger partial charge >= 0.3 is 0 Å². The standard InChI is InChI=1S/C13H20N2O3/c1-4-8(2)12(14)13(17)15-10-6-5-9(18-3)7-11(10)16/h5-8,12,16H,4,14H2,1-3H3,(H,15,17)/t8-,12-/m0/s1. The molecule has 100 valence electrons. The van der Waals surface area contributed by atoms with Crippen LogP contribution in [0.4, 0.5) is 5.69 Å².